The molecule has 0 aliphatic heterocycles. The lowest BCUT2D eigenvalue weighted by Crippen LogP contribution is -2.18. The van der Waals surface area contributed by atoms with Crippen LogP contribution in [0.3, 0.4) is 0 Å². The van der Waals surface area contributed by atoms with Gasteiger partial charge in [0.15, 0.2) is 11.0 Å². The van der Waals surface area contributed by atoms with Crippen LogP contribution >= 0.6 is 23.1 Å². The summed E-state index contributed by atoms with van der Waals surface area (Å²) in [5.74, 6) is -0.393. The van der Waals surface area contributed by atoms with E-state index in [9.17, 15) is 14.4 Å². The van der Waals surface area contributed by atoms with Gasteiger partial charge in [-0.25, -0.2) is 4.79 Å². The molecule has 186 valence electrons. The van der Waals surface area contributed by atoms with Gasteiger partial charge in [0.05, 0.1) is 34.5 Å². The predicted octanol–water partition coefficient (Wildman–Crippen LogP) is 3.65. The van der Waals surface area contributed by atoms with Gasteiger partial charge in [0.1, 0.15) is 10.8 Å². The SMILES string of the molecule is CCOc1ccccc1-c1nnc(SCC(=O)Nc2sc(C(N)=O)c(C)c2C(=O)OC(C)C)n1C. The largest absolute Gasteiger partial charge is 0.493 e. The predicted molar refractivity (Wildman–Crippen MR) is 135 cm³/mol. The van der Waals surface area contributed by atoms with E-state index < -0.39 is 11.9 Å². The van der Waals surface area contributed by atoms with Crippen LogP contribution < -0.4 is 15.8 Å². The average molecular weight is 518 g/mol. The third-order valence-corrected chi connectivity index (χ3v) is 7.01. The molecule has 0 fully saturated rings. The first-order valence-corrected chi connectivity index (χ1v) is 12.6. The van der Waals surface area contributed by atoms with Gasteiger partial charge >= 0.3 is 5.97 Å². The number of rotatable bonds is 10. The summed E-state index contributed by atoms with van der Waals surface area (Å²) in [6, 6.07) is 7.52. The number of thioether (sulfide) groups is 1. The second-order valence-corrected chi connectivity index (χ2v) is 9.67. The molecule has 2 heterocycles. The number of hydrogen-bond donors (Lipinski definition) is 2. The first-order valence-electron chi connectivity index (χ1n) is 10.8. The third kappa shape index (κ3) is 6.01. The molecule has 2 amide bonds. The Morgan fingerprint density at radius 1 is 1.23 bits per heavy atom. The topological polar surface area (TPSA) is 138 Å². The molecule has 1 aromatic carbocycles. The molecule has 3 aromatic rings. The second kappa shape index (κ2) is 11.4. The molecule has 3 rings (SSSR count). The Balaban J connectivity index is 1.76. The maximum atomic E-state index is 12.7. The number of nitrogens with two attached hydrogens (primary N) is 1. The number of thiophene rings is 1. The molecule has 35 heavy (non-hydrogen) atoms. The summed E-state index contributed by atoms with van der Waals surface area (Å²) < 4.78 is 12.7. The van der Waals surface area contributed by atoms with Crippen LogP contribution in [0, 0.1) is 6.92 Å². The van der Waals surface area contributed by atoms with E-state index in [1.54, 1.807) is 32.4 Å². The molecule has 0 saturated heterocycles. The van der Waals surface area contributed by atoms with Crippen LogP contribution in [0.25, 0.3) is 11.4 Å². The number of aromatic nitrogens is 3. The molecule has 0 radical (unpaired) electrons. The van der Waals surface area contributed by atoms with Crippen molar-refractivity contribution in [2.24, 2.45) is 12.8 Å². The van der Waals surface area contributed by atoms with E-state index in [0.29, 0.717) is 28.9 Å². The molecule has 0 spiro atoms. The number of para-hydroxylation sites is 1. The lowest BCUT2D eigenvalue weighted by Gasteiger charge is -2.10. The number of ether oxygens (including phenoxy) is 2. The van der Waals surface area contributed by atoms with Gasteiger partial charge in [0.2, 0.25) is 5.91 Å². The van der Waals surface area contributed by atoms with Crippen LogP contribution in [0.15, 0.2) is 29.4 Å². The number of anilines is 1. The quantitative estimate of drug-likeness (QED) is 0.307. The Morgan fingerprint density at radius 3 is 2.60 bits per heavy atom. The van der Waals surface area contributed by atoms with Crippen LogP contribution in [0.1, 0.15) is 46.4 Å². The van der Waals surface area contributed by atoms with Crippen LogP contribution in [0.4, 0.5) is 5.00 Å². The minimum absolute atomic E-state index is 0.000596. The molecule has 0 aliphatic rings. The van der Waals surface area contributed by atoms with Crippen molar-refractivity contribution < 1.29 is 23.9 Å². The summed E-state index contributed by atoms with van der Waals surface area (Å²) in [5, 5.41) is 11.9. The van der Waals surface area contributed by atoms with Crippen molar-refractivity contribution in [2.45, 2.75) is 39.0 Å². The Bertz CT molecular complexity index is 1250. The van der Waals surface area contributed by atoms with E-state index in [1.165, 1.54) is 11.8 Å². The van der Waals surface area contributed by atoms with Gasteiger partial charge in [0.25, 0.3) is 5.91 Å². The molecular weight excluding hydrogens is 490 g/mol. The van der Waals surface area contributed by atoms with E-state index in [-0.39, 0.29) is 33.2 Å². The second-order valence-electron chi connectivity index (χ2n) is 7.71. The lowest BCUT2D eigenvalue weighted by molar-refractivity contribution is -0.113. The highest BCUT2D eigenvalue weighted by molar-refractivity contribution is 7.99. The van der Waals surface area contributed by atoms with E-state index in [4.69, 9.17) is 15.2 Å². The van der Waals surface area contributed by atoms with Gasteiger partial charge in [-0.05, 0) is 45.4 Å². The Kier molecular flexibility index (Phi) is 8.52. The van der Waals surface area contributed by atoms with E-state index in [0.717, 1.165) is 16.9 Å². The summed E-state index contributed by atoms with van der Waals surface area (Å²) >= 11 is 2.13. The Labute approximate surface area is 211 Å². The van der Waals surface area contributed by atoms with Crippen LogP contribution in [0.2, 0.25) is 0 Å². The maximum absolute atomic E-state index is 12.7. The van der Waals surface area contributed by atoms with Crippen molar-refractivity contribution in [3.05, 3.63) is 40.3 Å². The molecule has 2 aromatic heterocycles. The highest BCUT2D eigenvalue weighted by atomic mass is 32.2. The first-order chi connectivity index (χ1) is 16.6. The average Bonchev–Trinajstić information content (AvgIpc) is 3.31. The molecule has 0 saturated carbocycles. The normalized spacial score (nSPS) is 10.9. The summed E-state index contributed by atoms with van der Waals surface area (Å²) in [4.78, 5) is 37.3. The van der Waals surface area contributed by atoms with Gasteiger partial charge in [-0.2, -0.15) is 0 Å². The fraction of sp³-hybridized carbons (Fsp3) is 0.348. The number of hydrogen-bond acceptors (Lipinski definition) is 9. The summed E-state index contributed by atoms with van der Waals surface area (Å²) in [6.45, 7) is 7.45. The number of benzene rings is 1. The minimum atomic E-state index is -0.681. The summed E-state index contributed by atoms with van der Waals surface area (Å²) in [6.07, 6.45) is -0.365. The van der Waals surface area contributed by atoms with Gasteiger partial charge < -0.3 is 25.1 Å². The van der Waals surface area contributed by atoms with Crippen molar-refractivity contribution in [1.82, 2.24) is 14.8 Å². The molecule has 0 atom stereocenters. The maximum Gasteiger partial charge on any atom is 0.341 e. The van der Waals surface area contributed by atoms with Gasteiger partial charge in [-0.3, -0.25) is 9.59 Å². The molecule has 10 nitrogen and oxygen atoms in total. The summed E-state index contributed by atoms with van der Waals surface area (Å²) in [5.41, 5.74) is 6.74. The van der Waals surface area contributed by atoms with Gasteiger partial charge in [0, 0.05) is 7.05 Å². The minimum Gasteiger partial charge on any atom is -0.493 e. The van der Waals surface area contributed by atoms with Crippen LogP contribution in [-0.4, -0.2) is 51.0 Å². The zero-order valence-electron chi connectivity index (χ0n) is 20.1. The molecular formula is C23H27N5O5S2. The number of amides is 2. The van der Waals surface area contributed by atoms with Crippen molar-refractivity contribution >= 4 is 45.9 Å². The fourth-order valence-electron chi connectivity index (χ4n) is 3.26. The zero-order valence-corrected chi connectivity index (χ0v) is 21.7. The van der Waals surface area contributed by atoms with Crippen molar-refractivity contribution in [3.8, 4) is 17.1 Å². The highest BCUT2D eigenvalue weighted by Gasteiger charge is 2.26. The van der Waals surface area contributed by atoms with Crippen LogP contribution in [0.5, 0.6) is 5.75 Å². The number of carbonyl (C=O) groups excluding carboxylic acids is 3. The van der Waals surface area contributed by atoms with E-state index in [1.807, 2.05) is 31.2 Å². The monoisotopic (exact) mass is 517 g/mol. The van der Waals surface area contributed by atoms with Crippen molar-refractivity contribution in [1.29, 1.82) is 0 Å². The first kappa shape index (κ1) is 26.2. The standard InChI is InChI=1S/C23H27N5O5S2/c1-6-32-15-10-8-7-9-14(15)20-26-27-23(28(20)5)34-11-16(29)25-21-17(22(31)33-12(2)3)13(4)18(35-21)19(24)30/h7-10,12H,6,11H2,1-5H3,(H2,24,30)(H,25,29). The molecule has 0 bridgehead atoms. The van der Waals surface area contributed by atoms with Gasteiger partial charge in [-0.15, -0.1) is 21.5 Å². The number of primary amides is 1. The smallest absolute Gasteiger partial charge is 0.341 e. The third-order valence-electron chi connectivity index (χ3n) is 4.77. The Morgan fingerprint density at radius 2 is 1.94 bits per heavy atom. The van der Waals surface area contributed by atoms with E-state index in [2.05, 4.69) is 15.5 Å². The number of nitrogens with one attached hydrogen (secondary N) is 1. The number of carbonyl (C=O) groups is 3. The van der Waals surface area contributed by atoms with Gasteiger partial charge in [-0.1, -0.05) is 23.9 Å². The zero-order chi connectivity index (χ0) is 25.7. The van der Waals surface area contributed by atoms with Crippen molar-refractivity contribution in [3.63, 3.8) is 0 Å². The molecule has 3 N–H and O–H groups in total. The van der Waals surface area contributed by atoms with E-state index >= 15 is 0 Å². The van der Waals surface area contributed by atoms with Crippen LogP contribution in [-0.2, 0) is 16.6 Å². The summed E-state index contributed by atoms with van der Waals surface area (Å²) in [7, 11) is 1.81. The number of nitrogens with zero attached hydrogens (tertiary/aromatic N) is 3. The molecule has 0 aliphatic carbocycles. The molecule has 0 unspecified atom stereocenters. The van der Waals surface area contributed by atoms with Crippen molar-refractivity contribution in [2.75, 3.05) is 17.7 Å². The fourth-order valence-corrected chi connectivity index (χ4v) is 5.03. The number of esters is 1. The highest BCUT2D eigenvalue weighted by Crippen LogP contribution is 2.34. The lowest BCUT2D eigenvalue weighted by atomic mass is 10.1. The Hall–Kier alpha value is -3.38. The molecule has 12 heteroatoms.